The largest absolute Gasteiger partial charge is 0.384 e. The Morgan fingerprint density at radius 2 is 2.36 bits per heavy atom. The number of hydrogen-bond donors (Lipinski definition) is 1. The highest BCUT2D eigenvalue weighted by atomic mass is 79.9. The van der Waals surface area contributed by atoms with Crippen molar-refractivity contribution in [2.75, 3.05) is 40.4 Å². The highest BCUT2D eigenvalue weighted by Crippen LogP contribution is 2.16. The molecule has 2 rings (SSSR count). The third-order valence-electron chi connectivity index (χ3n) is 4.01. The minimum Gasteiger partial charge on any atom is -0.384 e. The lowest BCUT2D eigenvalue weighted by atomic mass is 10.1. The van der Waals surface area contributed by atoms with Crippen LogP contribution >= 0.6 is 15.9 Å². The van der Waals surface area contributed by atoms with E-state index in [1.54, 1.807) is 7.11 Å². The first kappa shape index (κ1) is 17.3. The summed E-state index contributed by atoms with van der Waals surface area (Å²) in [5, 5.41) is 3.48. The number of nitrogens with one attached hydrogen (secondary N) is 1. The second-order valence-corrected chi connectivity index (χ2v) is 6.68. The normalized spacial score (nSPS) is 18.8. The molecule has 0 aliphatic carbocycles. The molecule has 1 saturated heterocycles. The number of guanidine groups is 1. The van der Waals surface area contributed by atoms with E-state index in [1.807, 2.05) is 7.05 Å². The van der Waals surface area contributed by atoms with Crippen molar-refractivity contribution in [1.82, 2.24) is 10.2 Å². The van der Waals surface area contributed by atoms with Gasteiger partial charge in [0.25, 0.3) is 0 Å². The highest BCUT2D eigenvalue weighted by molar-refractivity contribution is 9.10. The molecule has 22 heavy (non-hydrogen) atoms. The first-order chi connectivity index (χ1) is 10.7. The molecule has 0 radical (unpaired) electrons. The number of aryl methyl sites for hydroxylation is 1. The van der Waals surface area contributed by atoms with Crippen LogP contribution in [0.25, 0.3) is 0 Å². The minimum absolute atomic E-state index is 0.630. The van der Waals surface area contributed by atoms with Gasteiger partial charge in [-0.3, -0.25) is 4.99 Å². The van der Waals surface area contributed by atoms with Crippen LogP contribution in [0, 0.1) is 5.92 Å². The molecule has 1 aromatic rings. The molecule has 0 amide bonds. The molecular weight excluding hydrogens is 342 g/mol. The van der Waals surface area contributed by atoms with E-state index >= 15 is 0 Å². The van der Waals surface area contributed by atoms with Gasteiger partial charge >= 0.3 is 0 Å². The first-order valence-electron chi connectivity index (χ1n) is 7.92. The standard InChI is InChI=1S/C17H26BrN3O/c1-19-17(21-10-8-15(12-21)13-22-2)20-9-4-6-14-5-3-7-16(18)11-14/h3,5,7,11,15H,4,6,8-10,12-13H2,1-2H3,(H,19,20). The van der Waals surface area contributed by atoms with Gasteiger partial charge in [0.1, 0.15) is 0 Å². The van der Waals surface area contributed by atoms with E-state index in [2.05, 4.69) is 55.4 Å². The average molecular weight is 368 g/mol. The van der Waals surface area contributed by atoms with Crippen LogP contribution in [0.2, 0.25) is 0 Å². The van der Waals surface area contributed by atoms with Crippen LogP contribution in [0.4, 0.5) is 0 Å². The molecule has 1 unspecified atom stereocenters. The van der Waals surface area contributed by atoms with E-state index in [0.717, 1.165) is 49.5 Å². The van der Waals surface area contributed by atoms with E-state index in [4.69, 9.17) is 4.74 Å². The van der Waals surface area contributed by atoms with E-state index in [0.29, 0.717) is 5.92 Å². The van der Waals surface area contributed by atoms with Crippen molar-refractivity contribution >= 4 is 21.9 Å². The van der Waals surface area contributed by atoms with Crippen molar-refractivity contribution in [3.05, 3.63) is 34.3 Å². The Labute approximate surface area is 142 Å². The Kier molecular flexibility index (Phi) is 7.19. The molecule has 0 bridgehead atoms. The second kappa shape index (κ2) is 9.16. The molecule has 4 nitrogen and oxygen atoms in total. The second-order valence-electron chi connectivity index (χ2n) is 5.76. The Morgan fingerprint density at radius 1 is 1.50 bits per heavy atom. The summed E-state index contributed by atoms with van der Waals surface area (Å²) in [6.07, 6.45) is 3.37. The minimum atomic E-state index is 0.630. The molecule has 5 heteroatoms. The summed E-state index contributed by atoms with van der Waals surface area (Å²) < 4.78 is 6.40. The monoisotopic (exact) mass is 367 g/mol. The van der Waals surface area contributed by atoms with Gasteiger partial charge in [-0.25, -0.2) is 0 Å². The molecule has 1 heterocycles. The molecular formula is C17H26BrN3O. The van der Waals surface area contributed by atoms with Crippen LogP contribution in [-0.4, -0.2) is 51.3 Å². The summed E-state index contributed by atoms with van der Waals surface area (Å²) in [4.78, 5) is 6.74. The van der Waals surface area contributed by atoms with Crippen molar-refractivity contribution in [1.29, 1.82) is 0 Å². The maximum Gasteiger partial charge on any atom is 0.193 e. The fourth-order valence-electron chi connectivity index (χ4n) is 2.91. The predicted molar refractivity (Wildman–Crippen MR) is 95.4 cm³/mol. The van der Waals surface area contributed by atoms with Gasteiger partial charge in [-0.1, -0.05) is 28.1 Å². The molecule has 1 aliphatic heterocycles. The van der Waals surface area contributed by atoms with Gasteiger partial charge in [-0.15, -0.1) is 0 Å². The lowest BCUT2D eigenvalue weighted by molar-refractivity contribution is 0.157. The lowest BCUT2D eigenvalue weighted by Gasteiger charge is -2.21. The van der Waals surface area contributed by atoms with Crippen molar-refractivity contribution < 1.29 is 4.74 Å². The summed E-state index contributed by atoms with van der Waals surface area (Å²) in [5.41, 5.74) is 1.37. The number of likely N-dealkylation sites (tertiary alicyclic amines) is 1. The molecule has 1 fully saturated rings. The van der Waals surface area contributed by atoms with Crippen molar-refractivity contribution in [3.63, 3.8) is 0 Å². The van der Waals surface area contributed by atoms with Gasteiger partial charge in [0.15, 0.2) is 5.96 Å². The zero-order chi connectivity index (χ0) is 15.8. The SMILES string of the molecule is CN=C(NCCCc1cccc(Br)c1)N1CCC(COC)C1. The van der Waals surface area contributed by atoms with Crippen LogP contribution in [-0.2, 0) is 11.2 Å². The number of nitrogens with zero attached hydrogens (tertiary/aromatic N) is 2. The molecule has 1 atom stereocenters. The summed E-state index contributed by atoms with van der Waals surface area (Å²) in [6, 6.07) is 8.51. The summed E-state index contributed by atoms with van der Waals surface area (Å²) in [5.74, 6) is 1.65. The summed E-state index contributed by atoms with van der Waals surface area (Å²) in [7, 11) is 3.64. The maximum atomic E-state index is 5.25. The Hall–Kier alpha value is -1.07. The van der Waals surface area contributed by atoms with E-state index < -0.39 is 0 Å². The number of aliphatic imine (C=N–C) groups is 1. The van der Waals surface area contributed by atoms with Crippen LogP contribution in [0.3, 0.4) is 0 Å². The van der Waals surface area contributed by atoms with Gasteiger partial charge in [0, 0.05) is 44.2 Å². The van der Waals surface area contributed by atoms with Crippen molar-refractivity contribution in [3.8, 4) is 0 Å². The van der Waals surface area contributed by atoms with Crippen molar-refractivity contribution in [2.24, 2.45) is 10.9 Å². The number of benzene rings is 1. The zero-order valence-corrected chi connectivity index (χ0v) is 15.1. The van der Waals surface area contributed by atoms with Crippen LogP contribution in [0.1, 0.15) is 18.4 Å². The topological polar surface area (TPSA) is 36.9 Å². The van der Waals surface area contributed by atoms with E-state index in [9.17, 15) is 0 Å². The van der Waals surface area contributed by atoms with Crippen LogP contribution in [0.5, 0.6) is 0 Å². The molecule has 1 N–H and O–H groups in total. The lowest BCUT2D eigenvalue weighted by Crippen LogP contribution is -2.40. The Balaban J connectivity index is 1.71. The number of rotatable bonds is 6. The number of hydrogen-bond acceptors (Lipinski definition) is 2. The van der Waals surface area contributed by atoms with Crippen molar-refractivity contribution in [2.45, 2.75) is 19.3 Å². The van der Waals surface area contributed by atoms with Crippen LogP contribution < -0.4 is 5.32 Å². The molecule has 1 aromatic carbocycles. The Morgan fingerprint density at radius 3 is 3.09 bits per heavy atom. The van der Waals surface area contributed by atoms with Gasteiger partial charge in [0.2, 0.25) is 0 Å². The molecule has 122 valence electrons. The summed E-state index contributed by atoms with van der Waals surface area (Å²) in [6.45, 7) is 3.90. The van der Waals surface area contributed by atoms with Crippen LogP contribution in [0.15, 0.2) is 33.7 Å². The molecule has 1 aliphatic rings. The van der Waals surface area contributed by atoms with E-state index in [1.165, 1.54) is 12.0 Å². The zero-order valence-electron chi connectivity index (χ0n) is 13.5. The highest BCUT2D eigenvalue weighted by Gasteiger charge is 2.24. The van der Waals surface area contributed by atoms with E-state index in [-0.39, 0.29) is 0 Å². The predicted octanol–water partition coefficient (Wildman–Crippen LogP) is 2.93. The van der Waals surface area contributed by atoms with Gasteiger partial charge in [0.05, 0.1) is 6.61 Å². The third-order valence-corrected chi connectivity index (χ3v) is 4.51. The Bertz CT molecular complexity index is 493. The molecule has 0 spiro atoms. The fraction of sp³-hybridized carbons (Fsp3) is 0.588. The van der Waals surface area contributed by atoms with Gasteiger partial charge in [-0.05, 0) is 37.0 Å². The van der Waals surface area contributed by atoms with Gasteiger partial charge in [-0.2, -0.15) is 0 Å². The van der Waals surface area contributed by atoms with Gasteiger partial charge < -0.3 is 15.0 Å². The number of ether oxygens (including phenoxy) is 1. The number of halogens is 1. The number of methoxy groups -OCH3 is 1. The molecule has 0 saturated carbocycles. The molecule has 0 aromatic heterocycles. The average Bonchev–Trinajstić information content (AvgIpc) is 2.96. The smallest absolute Gasteiger partial charge is 0.193 e. The maximum absolute atomic E-state index is 5.25. The first-order valence-corrected chi connectivity index (χ1v) is 8.71. The third kappa shape index (κ3) is 5.29. The fourth-order valence-corrected chi connectivity index (χ4v) is 3.36. The summed E-state index contributed by atoms with van der Waals surface area (Å²) >= 11 is 3.52. The quantitative estimate of drug-likeness (QED) is 0.477.